The number of rotatable bonds is 6. The Balaban J connectivity index is 1.99. The van der Waals surface area contributed by atoms with Crippen molar-refractivity contribution in [1.29, 1.82) is 0 Å². The van der Waals surface area contributed by atoms with E-state index in [0.29, 0.717) is 6.04 Å². The maximum absolute atomic E-state index is 5.23. The second-order valence-corrected chi connectivity index (χ2v) is 6.42. The van der Waals surface area contributed by atoms with Crippen LogP contribution in [0.2, 0.25) is 0 Å². The first-order valence-electron chi connectivity index (χ1n) is 8.22. The number of hydrogen-bond donors (Lipinski definition) is 1. The average Bonchev–Trinajstić information content (AvgIpc) is 2.50. The molecule has 0 bridgehead atoms. The van der Waals surface area contributed by atoms with E-state index >= 15 is 0 Å². The van der Waals surface area contributed by atoms with Gasteiger partial charge in [-0.1, -0.05) is 13.8 Å². The third-order valence-corrected chi connectivity index (χ3v) is 4.73. The molecule has 1 N–H and O–H groups in total. The Bertz CT molecular complexity index is 418. The Kier molecular flexibility index (Phi) is 5.92. The molecule has 1 aliphatic rings. The molecule has 1 aromatic carbocycles. The van der Waals surface area contributed by atoms with Gasteiger partial charge in [0, 0.05) is 25.3 Å². The fourth-order valence-electron chi connectivity index (χ4n) is 3.53. The fourth-order valence-corrected chi connectivity index (χ4v) is 3.53. The fraction of sp³-hybridized carbons (Fsp3) is 0.667. The van der Waals surface area contributed by atoms with E-state index in [9.17, 15) is 0 Å². The molecule has 21 heavy (non-hydrogen) atoms. The normalized spacial score (nSPS) is 25.6. The summed E-state index contributed by atoms with van der Waals surface area (Å²) in [6.07, 6.45) is 4.01. The predicted molar refractivity (Wildman–Crippen MR) is 90.2 cm³/mol. The van der Waals surface area contributed by atoms with Gasteiger partial charge in [0.25, 0.3) is 0 Å². The van der Waals surface area contributed by atoms with Crippen LogP contribution < -0.4 is 15.0 Å². The molecule has 3 atom stereocenters. The number of hydrogen-bond acceptors (Lipinski definition) is 3. The first-order chi connectivity index (χ1) is 10.1. The van der Waals surface area contributed by atoms with Crippen LogP contribution in [0.15, 0.2) is 24.3 Å². The average molecular weight is 290 g/mol. The molecule has 3 unspecified atom stereocenters. The van der Waals surface area contributed by atoms with Crippen LogP contribution in [-0.2, 0) is 0 Å². The van der Waals surface area contributed by atoms with Crippen LogP contribution in [0, 0.1) is 11.8 Å². The highest BCUT2D eigenvalue weighted by Crippen LogP contribution is 2.30. The van der Waals surface area contributed by atoms with Gasteiger partial charge < -0.3 is 15.0 Å². The van der Waals surface area contributed by atoms with E-state index in [1.54, 1.807) is 7.11 Å². The number of methoxy groups -OCH3 is 1. The minimum absolute atomic E-state index is 0.673. The second kappa shape index (κ2) is 7.69. The van der Waals surface area contributed by atoms with Gasteiger partial charge in [0.15, 0.2) is 0 Å². The zero-order chi connectivity index (χ0) is 15.2. The minimum Gasteiger partial charge on any atom is -0.497 e. The summed E-state index contributed by atoms with van der Waals surface area (Å²) in [4.78, 5) is 2.38. The van der Waals surface area contributed by atoms with Crippen molar-refractivity contribution in [3.05, 3.63) is 24.3 Å². The molecule has 1 aliphatic carbocycles. The monoisotopic (exact) mass is 290 g/mol. The number of ether oxygens (including phenoxy) is 1. The summed E-state index contributed by atoms with van der Waals surface area (Å²) in [6, 6.07) is 9.04. The lowest BCUT2D eigenvalue weighted by Crippen LogP contribution is -2.45. The Morgan fingerprint density at radius 3 is 2.57 bits per heavy atom. The Hall–Kier alpha value is -1.22. The molecule has 3 heteroatoms. The molecule has 1 saturated carbocycles. The predicted octanol–water partition coefficient (Wildman–Crippen LogP) is 3.55. The lowest BCUT2D eigenvalue weighted by Gasteiger charge is -2.38. The molecule has 3 nitrogen and oxygen atoms in total. The summed E-state index contributed by atoms with van der Waals surface area (Å²) in [6.45, 7) is 6.79. The van der Waals surface area contributed by atoms with Crippen LogP contribution in [0.25, 0.3) is 0 Å². The molecule has 0 spiro atoms. The van der Waals surface area contributed by atoms with Gasteiger partial charge in [-0.2, -0.15) is 0 Å². The zero-order valence-electron chi connectivity index (χ0n) is 13.9. The first-order valence-corrected chi connectivity index (χ1v) is 8.22. The molecule has 0 aromatic heterocycles. The van der Waals surface area contributed by atoms with Crippen molar-refractivity contribution in [2.45, 2.75) is 39.2 Å². The molecule has 0 amide bonds. The maximum Gasteiger partial charge on any atom is 0.119 e. The van der Waals surface area contributed by atoms with Crippen molar-refractivity contribution in [3.63, 3.8) is 0 Å². The second-order valence-electron chi connectivity index (χ2n) is 6.42. The van der Waals surface area contributed by atoms with Gasteiger partial charge in [0.1, 0.15) is 5.75 Å². The summed E-state index contributed by atoms with van der Waals surface area (Å²) in [5, 5.41) is 3.68. The van der Waals surface area contributed by atoms with E-state index < -0.39 is 0 Å². The lowest BCUT2D eigenvalue weighted by molar-refractivity contribution is 0.219. The van der Waals surface area contributed by atoms with E-state index in [4.69, 9.17) is 4.74 Å². The van der Waals surface area contributed by atoms with Gasteiger partial charge in [-0.05, 0) is 61.9 Å². The van der Waals surface area contributed by atoms with Crippen LogP contribution >= 0.6 is 0 Å². The first kappa shape index (κ1) is 16.2. The molecule has 0 aliphatic heterocycles. The molecule has 0 heterocycles. The molecule has 1 fully saturated rings. The highest BCUT2D eigenvalue weighted by atomic mass is 16.5. The smallest absolute Gasteiger partial charge is 0.119 e. The summed E-state index contributed by atoms with van der Waals surface area (Å²) in [5.74, 6) is 2.51. The quantitative estimate of drug-likeness (QED) is 0.867. The van der Waals surface area contributed by atoms with E-state index in [1.165, 1.54) is 24.9 Å². The van der Waals surface area contributed by atoms with Crippen molar-refractivity contribution in [1.82, 2.24) is 5.32 Å². The lowest BCUT2D eigenvalue weighted by atomic mass is 9.78. The Morgan fingerprint density at radius 2 is 1.95 bits per heavy atom. The van der Waals surface area contributed by atoms with Crippen LogP contribution in [-0.4, -0.2) is 33.3 Å². The van der Waals surface area contributed by atoms with Crippen LogP contribution in [0.3, 0.4) is 0 Å². The highest BCUT2D eigenvalue weighted by molar-refractivity contribution is 5.48. The standard InChI is InChI=1S/C18H30N2O/c1-5-19-18-11-6-14(2)12-15(18)13-20(3)16-7-9-17(21-4)10-8-16/h7-10,14-15,18-19H,5-6,11-13H2,1-4H3. The molecule has 1 aromatic rings. The maximum atomic E-state index is 5.23. The van der Waals surface area contributed by atoms with Crippen molar-refractivity contribution in [2.75, 3.05) is 32.1 Å². The molecule has 0 radical (unpaired) electrons. The molecular formula is C18H30N2O. The summed E-state index contributed by atoms with van der Waals surface area (Å²) < 4.78 is 5.23. The van der Waals surface area contributed by atoms with Gasteiger partial charge in [-0.3, -0.25) is 0 Å². The molecule has 118 valence electrons. The SMILES string of the molecule is CCNC1CCC(C)CC1CN(C)c1ccc(OC)cc1. The van der Waals surface area contributed by atoms with Crippen LogP contribution in [0.1, 0.15) is 33.1 Å². The van der Waals surface area contributed by atoms with Crippen molar-refractivity contribution in [2.24, 2.45) is 11.8 Å². The van der Waals surface area contributed by atoms with Gasteiger partial charge >= 0.3 is 0 Å². The number of nitrogens with zero attached hydrogens (tertiary/aromatic N) is 1. The molecular weight excluding hydrogens is 260 g/mol. The number of nitrogens with one attached hydrogen (secondary N) is 1. The summed E-state index contributed by atoms with van der Waals surface area (Å²) in [7, 11) is 3.91. The van der Waals surface area contributed by atoms with E-state index in [0.717, 1.165) is 30.7 Å². The molecule has 0 saturated heterocycles. The topological polar surface area (TPSA) is 24.5 Å². The van der Waals surface area contributed by atoms with Gasteiger partial charge in [-0.15, -0.1) is 0 Å². The third-order valence-electron chi connectivity index (χ3n) is 4.73. The molecule has 2 rings (SSSR count). The largest absolute Gasteiger partial charge is 0.497 e. The van der Waals surface area contributed by atoms with E-state index in [-0.39, 0.29) is 0 Å². The van der Waals surface area contributed by atoms with Crippen molar-refractivity contribution in [3.8, 4) is 5.75 Å². The van der Waals surface area contributed by atoms with Crippen molar-refractivity contribution < 1.29 is 4.74 Å². The van der Waals surface area contributed by atoms with E-state index in [2.05, 4.69) is 43.2 Å². The Labute approximate surface area is 129 Å². The highest BCUT2D eigenvalue weighted by Gasteiger charge is 2.28. The van der Waals surface area contributed by atoms with E-state index in [1.807, 2.05) is 12.1 Å². The zero-order valence-corrected chi connectivity index (χ0v) is 13.9. The number of benzene rings is 1. The van der Waals surface area contributed by atoms with Crippen molar-refractivity contribution >= 4 is 5.69 Å². The summed E-state index contributed by atoms with van der Waals surface area (Å²) in [5.41, 5.74) is 1.27. The minimum atomic E-state index is 0.673. The third kappa shape index (κ3) is 4.37. The van der Waals surface area contributed by atoms with Gasteiger partial charge in [-0.25, -0.2) is 0 Å². The summed E-state index contributed by atoms with van der Waals surface area (Å²) >= 11 is 0. The van der Waals surface area contributed by atoms with Crippen LogP contribution in [0.4, 0.5) is 5.69 Å². The van der Waals surface area contributed by atoms with Gasteiger partial charge in [0.2, 0.25) is 0 Å². The van der Waals surface area contributed by atoms with Crippen LogP contribution in [0.5, 0.6) is 5.75 Å². The number of anilines is 1. The Morgan fingerprint density at radius 1 is 1.24 bits per heavy atom. The van der Waals surface area contributed by atoms with Gasteiger partial charge in [0.05, 0.1) is 7.11 Å².